The van der Waals surface area contributed by atoms with Crippen LogP contribution in [0.1, 0.15) is 27.2 Å². The molecule has 0 aromatic carbocycles. The minimum absolute atomic E-state index is 0.0293. The second kappa shape index (κ2) is 9.67. The predicted molar refractivity (Wildman–Crippen MR) is 93.4 cm³/mol. The maximum Gasteiger partial charge on any atom is 0.460 e. The number of alkyl halides is 17. The summed E-state index contributed by atoms with van der Waals surface area (Å²) in [7, 11) is 0. The van der Waals surface area contributed by atoms with Crippen molar-refractivity contribution in [2.24, 2.45) is 5.41 Å². The minimum Gasteiger partial charge on any atom is -0.363 e. The van der Waals surface area contributed by atoms with Gasteiger partial charge in [0.25, 0.3) is 0 Å². The Labute approximate surface area is 196 Å². The van der Waals surface area contributed by atoms with E-state index in [1.54, 1.807) is 26.1 Å². The highest BCUT2D eigenvalue weighted by atomic mass is 32.1. The van der Waals surface area contributed by atoms with Crippen LogP contribution in [-0.2, 0) is 0 Å². The lowest BCUT2D eigenvalue weighted by Crippen LogP contribution is -2.74. The highest BCUT2D eigenvalue weighted by molar-refractivity contribution is 7.80. The summed E-state index contributed by atoms with van der Waals surface area (Å²) >= 11 is 4.52. The van der Waals surface area contributed by atoms with Gasteiger partial charge in [0.15, 0.2) is 5.11 Å². The van der Waals surface area contributed by atoms with Gasteiger partial charge < -0.3 is 10.6 Å². The molecule has 0 aliphatic rings. The Bertz CT molecular complexity index is 783. The lowest BCUT2D eigenvalue weighted by molar-refractivity contribution is -0.461. The van der Waals surface area contributed by atoms with E-state index in [2.05, 4.69) is 17.5 Å². The van der Waals surface area contributed by atoms with Gasteiger partial charge in [0.1, 0.15) is 0 Å². The van der Waals surface area contributed by atoms with Gasteiger partial charge in [0.2, 0.25) is 0 Å². The molecule has 0 spiro atoms. The van der Waals surface area contributed by atoms with Crippen LogP contribution in [0.5, 0.6) is 0 Å². The summed E-state index contributed by atoms with van der Waals surface area (Å²) in [6.45, 7) is 3.39. The van der Waals surface area contributed by atoms with Crippen molar-refractivity contribution in [1.82, 2.24) is 10.6 Å². The van der Waals surface area contributed by atoms with Gasteiger partial charge >= 0.3 is 47.6 Å². The summed E-state index contributed by atoms with van der Waals surface area (Å²) in [5, 5.41) is 3.53. The van der Waals surface area contributed by atoms with Crippen molar-refractivity contribution in [3.63, 3.8) is 0 Å². The van der Waals surface area contributed by atoms with Gasteiger partial charge in [-0.25, -0.2) is 0 Å². The van der Waals surface area contributed by atoms with Gasteiger partial charge in [-0.2, -0.15) is 74.6 Å². The Balaban J connectivity index is 6.06. The van der Waals surface area contributed by atoms with E-state index in [0.29, 0.717) is 0 Å². The molecule has 0 unspecified atom stereocenters. The number of hydrogen-bond donors (Lipinski definition) is 2. The third-order valence-electron chi connectivity index (χ3n) is 4.29. The average Bonchev–Trinajstić information content (AvgIpc) is 2.63. The van der Waals surface area contributed by atoms with Crippen molar-refractivity contribution in [2.45, 2.75) is 74.8 Å². The first kappa shape index (κ1) is 34.5. The molecule has 0 saturated carbocycles. The van der Waals surface area contributed by atoms with Crippen molar-refractivity contribution in [3.8, 4) is 0 Å². The quantitative estimate of drug-likeness (QED) is 0.213. The third-order valence-corrected chi connectivity index (χ3v) is 4.58. The molecule has 0 aromatic rings. The van der Waals surface area contributed by atoms with E-state index >= 15 is 0 Å². The van der Waals surface area contributed by atoms with Gasteiger partial charge in [-0.1, -0.05) is 20.8 Å². The molecule has 0 radical (unpaired) electrons. The van der Waals surface area contributed by atoms with E-state index in [0.717, 1.165) is 0 Å². The van der Waals surface area contributed by atoms with Gasteiger partial charge in [0.05, 0.1) is 0 Å². The van der Waals surface area contributed by atoms with Crippen molar-refractivity contribution in [1.29, 1.82) is 0 Å². The molecule has 0 bridgehead atoms. The Morgan fingerprint density at radius 3 is 1.19 bits per heavy atom. The molecule has 0 heterocycles. The standard InChI is InChI=1S/C16H17F17N2S/c1-8(2,3)6-35-7(36)34-5-4-9(17,18)10(19,20)11(21,22)12(23,24)13(25,26)14(27,28)15(29,30)16(31,32)33/h4-6H2,1-3H3,(H2,34,35,36). The molecule has 20 heteroatoms. The summed E-state index contributed by atoms with van der Waals surface area (Å²) in [5.41, 5.74) is -0.493. The van der Waals surface area contributed by atoms with E-state index in [1.807, 2.05) is 0 Å². The van der Waals surface area contributed by atoms with Gasteiger partial charge in [-0.3, -0.25) is 0 Å². The summed E-state index contributed by atoms with van der Waals surface area (Å²) in [6, 6.07) is 0. The van der Waals surface area contributed by atoms with Crippen LogP contribution in [0.25, 0.3) is 0 Å². The van der Waals surface area contributed by atoms with Crippen molar-refractivity contribution in [3.05, 3.63) is 0 Å². The van der Waals surface area contributed by atoms with Crippen LogP contribution in [0.2, 0.25) is 0 Å². The van der Waals surface area contributed by atoms with Crippen molar-refractivity contribution < 1.29 is 74.6 Å². The Kier molecular flexibility index (Phi) is 9.26. The second-order valence-corrected chi connectivity index (χ2v) is 8.98. The molecule has 0 saturated heterocycles. The summed E-state index contributed by atoms with van der Waals surface area (Å²) in [4.78, 5) is 0. The van der Waals surface area contributed by atoms with Crippen LogP contribution < -0.4 is 10.6 Å². The van der Waals surface area contributed by atoms with E-state index < -0.39 is 71.1 Å². The van der Waals surface area contributed by atoms with Crippen LogP contribution in [0.3, 0.4) is 0 Å². The summed E-state index contributed by atoms with van der Waals surface area (Å²) in [6.07, 6.45) is -10.4. The highest BCUT2D eigenvalue weighted by Crippen LogP contribution is 2.64. The fourth-order valence-corrected chi connectivity index (χ4v) is 2.27. The number of rotatable bonds is 10. The number of thiocarbonyl (C=S) groups is 1. The fourth-order valence-electron chi connectivity index (χ4n) is 2.09. The number of halogens is 17. The second-order valence-electron chi connectivity index (χ2n) is 8.57. The highest BCUT2D eigenvalue weighted by Gasteiger charge is 2.95. The monoisotopic (exact) mass is 592 g/mol. The maximum absolute atomic E-state index is 13.7. The minimum atomic E-state index is -8.63. The molecule has 2 nitrogen and oxygen atoms in total. The smallest absolute Gasteiger partial charge is 0.363 e. The first-order valence-corrected chi connectivity index (χ1v) is 9.49. The normalized spacial score (nSPS) is 15.7. The lowest BCUT2D eigenvalue weighted by Gasteiger charge is -2.42. The first-order chi connectivity index (χ1) is 15.4. The van der Waals surface area contributed by atoms with E-state index in [-0.39, 0.29) is 6.54 Å². The summed E-state index contributed by atoms with van der Waals surface area (Å²) < 4.78 is 224. The van der Waals surface area contributed by atoms with Crippen molar-refractivity contribution in [2.75, 3.05) is 13.1 Å². The van der Waals surface area contributed by atoms with Crippen LogP contribution in [0, 0.1) is 5.41 Å². The molecule has 0 aliphatic heterocycles. The zero-order valence-electron chi connectivity index (χ0n) is 18.0. The Morgan fingerprint density at radius 1 is 0.528 bits per heavy atom. The molecule has 2 N–H and O–H groups in total. The first-order valence-electron chi connectivity index (χ1n) is 9.08. The van der Waals surface area contributed by atoms with E-state index in [1.165, 1.54) is 0 Å². The van der Waals surface area contributed by atoms with Crippen LogP contribution in [0.4, 0.5) is 74.6 Å². The molecule has 0 amide bonds. The Hall–Kier alpha value is -1.50. The molecule has 0 fully saturated rings. The van der Waals surface area contributed by atoms with Gasteiger partial charge in [-0.05, 0) is 17.6 Å². The molecule has 0 aliphatic carbocycles. The molecule has 216 valence electrons. The molecule has 36 heavy (non-hydrogen) atoms. The average molecular weight is 592 g/mol. The van der Waals surface area contributed by atoms with Crippen molar-refractivity contribution >= 4 is 17.3 Å². The van der Waals surface area contributed by atoms with Gasteiger partial charge in [-0.15, -0.1) is 0 Å². The van der Waals surface area contributed by atoms with E-state index in [4.69, 9.17) is 0 Å². The van der Waals surface area contributed by atoms with E-state index in [9.17, 15) is 74.6 Å². The fraction of sp³-hybridized carbons (Fsp3) is 0.938. The predicted octanol–water partition coefficient (Wildman–Crippen LogP) is 6.90. The topological polar surface area (TPSA) is 24.1 Å². The molecular weight excluding hydrogens is 575 g/mol. The zero-order valence-corrected chi connectivity index (χ0v) is 18.8. The molecule has 0 atom stereocenters. The Morgan fingerprint density at radius 2 is 0.861 bits per heavy atom. The summed E-state index contributed by atoms with van der Waals surface area (Å²) in [5.74, 6) is -56.3. The van der Waals surface area contributed by atoms with Crippen LogP contribution >= 0.6 is 12.2 Å². The number of hydrogen-bond acceptors (Lipinski definition) is 1. The number of nitrogens with one attached hydrogen (secondary N) is 2. The molecular formula is C16H17F17N2S. The molecule has 0 aromatic heterocycles. The van der Waals surface area contributed by atoms with Gasteiger partial charge in [0, 0.05) is 19.5 Å². The SMILES string of the molecule is CC(C)(C)CNC(=S)NCCC(F)(F)C(F)(F)C(F)(F)C(F)(F)C(F)(F)C(F)(F)C(F)(F)C(F)(F)F. The maximum atomic E-state index is 13.7. The lowest BCUT2D eigenvalue weighted by atomic mass is 9.88. The molecule has 0 rings (SSSR count). The third kappa shape index (κ3) is 5.81. The largest absolute Gasteiger partial charge is 0.460 e. The zero-order chi connectivity index (χ0) is 29.6. The van der Waals surface area contributed by atoms with Crippen LogP contribution in [0.15, 0.2) is 0 Å². The van der Waals surface area contributed by atoms with Crippen LogP contribution in [-0.4, -0.2) is 65.8 Å².